The van der Waals surface area contributed by atoms with Crippen LogP contribution in [-0.2, 0) is 4.79 Å². The lowest BCUT2D eigenvalue weighted by molar-refractivity contribution is -0.132. The Balaban J connectivity index is 2.24. The summed E-state index contributed by atoms with van der Waals surface area (Å²) >= 11 is 0. The number of carbonyl (C=O) groups is 1. The fraction of sp³-hybridized carbons (Fsp3) is 0.571. The molecule has 2 aliphatic rings. The molecule has 2 rings (SSSR count). The molecular weight excluding hydrogens is 156 g/mol. The summed E-state index contributed by atoms with van der Waals surface area (Å²) in [7, 11) is 0. The van der Waals surface area contributed by atoms with Gasteiger partial charge in [0.05, 0.1) is 6.07 Å². The number of hydrogen-bond donors (Lipinski definition) is 1. The Morgan fingerprint density at radius 1 is 1.75 bits per heavy atom. The SMILES string of the molecule is N#CCN1N=C(N)C2(CC2)C1=O. The fourth-order valence-corrected chi connectivity index (χ4v) is 1.40. The van der Waals surface area contributed by atoms with Gasteiger partial charge in [0.25, 0.3) is 5.91 Å². The molecule has 2 N–H and O–H groups in total. The monoisotopic (exact) mass is 164 g/mol. The highest BCUT2D eigenvalue weighted by Gasteiger charge is 2.59. The molecule has 0 saturated heterocycles. The molecule has 0 bridgehead atoms. The first kappa shape index (κ1) is 7.10. The predicted octanol–water partition coefficient (Wildman–Crippen LogP) is -0.595. The summed E-state index contributed by atoms with van der Waals surface area (Å²) in [6.45, 7) is 0.00127. The van der Waals surface area contributed by atoms with E-state index in [0.717, 1.165) is 17.9 Å². The number of hydrazone groups is 1. The highest BCUT2D eigenvalue weighted by molar-refractivity contribution is 6.13. The van der Waals surface area contributed by atoms with Crippen LogP contribution in [0.15, 0.2) is 5.10 Å². The molecule has 0 radical (unpaired) electrons. The molecule has 0 aromatic rings. The zero-order valence-corrected chi connectivity index (χ0v) is 6.45. The van der Waals surface area contributed by atoms with Crippen LogP contribution in [0, 0.1) is 16.7 Å². The maximum absolute atomic E-state index is 11.5. The molecule has 1 aliphatic carbocycles. The minimum atomic E-state index is -0.503. The number of nitrogens with two attached hydrogens (primary N) is 1. The standard InChI is InChI=1S/C7H8N4O/c8-3-4-11-6(12)7(1-2-7)5(9)10-11/h1-2,4H2,(H2,9,10). The van der Waals surface area contributed by atoms with Gasteiger partial charge in [0.1, 0.15) is 17.8 Å². The van der Waals surface area contributed by atoms with Gasteiger partial charge >= 0.3 is 0 Å². The summed E-state index contributed by atoms with van der Waals surface area (Å²) in [6, 6.07) is 1.87. The zero-order valence-electron chi connectivity index (χ0n) is 6.45. The van der Waals surface area contributed by atoms with Gasteiger partial charge in [-0.05, 0) is 12.8 Å². The van der Waals surface area contributed by atoms with Crippen LogP contribution in [-0.4, -0.2) is 23.3 Å². The van der Waals surface area contributed by atoms with E-state index in [0.29, 0.717) is 5.84 Å². The second-order valence-electron chi connectivity index (χ2n) is 3.09. The molecule has 5 heteroatoms. The second-order valence-corrected chi connectivity index (χ2v) is 3.09. The summed E-state index contributed by atoms with van der Waals surface area (Å²) in [6.07, 6.45) is 1.56. The third-order valence-electron chi connectivity index (χ3n) is 2.33. The summed E-state index contributed by atoms with van der Waals surface area (Å²) in [4.78, 5) is 11.5. The average molecular weight is 164 g/mol. The van der Waals surface area contributed by atoms with Crippen molar-refractivity contribution in [3.05, 3.63) is 0 Å². The van der Waals surface area contributed by atoms with E-state index in [1.165, 1.54) is 0 Å². The quantitative estimate of drug-likeness (QED) is 0.525. The molecule has 0 atom stereocenters. The Hall–Kier alpha value is -1.57. The fourth-order valence-electron chi connectivity index (χ4n) is 1.40. The van der Waals surface area contributed by atoms with E-state index < -0.39 is 5.41 Å². The number of rotatable bonds is 1. The van der Waals surface area contributed by atoms with Gasteiger partial charge in [-0.3, -0.25) is 4.79 Å². The summed E-state index contributed by atoms with van der Waals surface area (Å²) < 4.78 is 0. The van der Waals surface area contributed by atoms with Gasteiger partial charge in [0, 0.05) is 0 Å². The minimum absolute atomic E-state index is 0.00127. The predicted molar refractivity (Wildman–Crippen MR) is 40.6 cm³/mol. The number of hydrogen-bond acceptors (Lipinski definition) is 4. The Labute approximate surface area is 69.4 Å². The lowest BCUT2D eigenvalue weighted by Gasteiger charge is -2.07. The van der Waals surface area contributed by atoms with Gasteiger partial charge in [-0.15, -0.1) is 0 Å². The van der Waals surface area contributed by atoms with Crippen molar-refractivity contribution in [3.63, 3.8) is 0 Å². The maximum atomic E-state index is 11.5. The minimum Gasteiger partial charge on any atom is -0.385 e. The maximum Gasteiger partial charge on any atom is 0.257 e. The van der Waals surface area contributed by atoms with Gasteiger partial charge in [0.15, 0.2) is 0 Å². The van der Waals surface area contributed by atoms with Crippen LogP contribution in [0.5, 0.6) is 0 Å². The molecule has 1 aliphatic heterocycles. The lowest BCUT2D eigenvalue weighted by atomic mass is 10.1. The average Bonchev–Trinajstić information content (AvgIpc) is 2.78. The normalized spacial score (nSPS) is 24.1. The molecule has 1 spiro atoms. The van der Waals surface area contributed by atoms with Gasteiger partial charge in [-0.25, -0.2) is 5.01 Å². The summed E-state index contributed by atoms with van der Waals surface area (Å²) in [5.41, 5.74) is 5.06. The largest absolute Gasteiger partial charge is 0.385 e. The highest BCUT2D eigenvalue weighted by atomic mass is 16.2. The lowest BCUT2D eigenvalue weighted by Crippen LogP contribution is -2.31. The summed E-state index contributed by atoms with van der Waals surface area (Å²) in [5, 5.41) is 13.4. The molecule has 0 unspecified atom stereocenters. The van der Waals surface area contributed by atoms with Gasteiger partial charge < -0.3 is 5.73 Å². The highest BCUT2D eigenvalue weighted by Crippen LogP contribution is 2.50. The van der Waals surface area contributed by atoms with Crippen LogP contribution in [0.25, 0.3) is 0 Å². The second kappa shape index (κ2) is 1.97. The Bertz CT molecular complexity index is 310. The van der Waals surface area contributed by atoms with Gasteiger partial charge in [-0.2, -0.15) is 10.4 Å². The molecule has 12 heavy (non-hydrogen) atoms. The molecule has 1 amide bonds. The van der Waals surface area contributed by atoms with Crippen LogP contribution in [0.2, 0.25) is 0 Å². The van der Waals surface area contributed by atoms with Crippen LogP contribution in [0.1, 0.15) is 12.8 Å². The van der Waals surface area contributed by atoms with Crippen molar-refractivity contribution < 1.29 is 4.79 Å². The molecular formula is C7H8N4O. The van der Waals surface area contributed by atoms with E-state index in [1.807, 2.05) is 6.07 Å². The number of nitrogens with zero attached hydrogens (tertiary/aromatic N) is 3. The Morgan fingerprint density at radius 2 is 2.42 bits per heavy atom. The van der Waals surface area contributed by atoms with Crippen molar-refractivity contribution in [1.82, 2.24) is 5.01 Å². The summed E-state index contributed by atoms with van der Waals surface area (Å²) in [5.74, 6) is 0.268. The first-order valence-corrected chi connectivity index (χ1v) is 3.74. The van der Waals surface area contributed by atoms with Crippen molar-refractivity contribution in [1.29, 1.82) is 5.26 Å². The van der Waals surface area contributed by atoms with E-state index in [4.69, 9.17) is 11.0 Å². The molecule has 0 aromatic carbocycles. The van der Waals surface area contributed by atoms with E-state index in [9.17, 15) is 4.79 Å². The topological polar surface area (TPSA) is 82.5 Å². The van der Waals surface area contributed by atoms with Gasteiger partial charge in [0.2, 0.25) is 0 Å². The van der Waals surface area contributed by atoms with E-state index in [2.05, 4.69) is 5.10 Å². The van der Waals surface area contributed by atoms with Crippen LogP contribution < -0.4 is 5.73 Å². The van der Waals surface area contributed by atoms with Crippen molar-refractivity contribution in [2.75, 3.05) is 6.54 Å². The number of nitriles is 1. The van der Waals surface area contributed by atoms with Crippen molar-refractivity contribution in [2.24, 2.45) is 16.3 Å². The molecule has 5 nitrogen and oxygen atoms in total. The zero-order chi connectivity index (χ0) is 8.77. The number of amidine groups is 1. The first-order valence-electron chi connectivity index (χ1n) is 3.74. The van der Waals surface area contributed by atoms with Crippen molar-refractivity contribution >= 4 is 11.7 Å². The third-order valence-corrected chi connectivity index (χ3v) is 2.33. The molecule has 1 fully saturated rings. The first-order chi connectivity index (χ1) is 5.70. The van der Waals surface area contributed by atoms with E-state index in [1.54, 1.807) is 0 Å². The van der Waals surface area contributed by atoms with E-state index in [-0.39, 0.29) is 12.5 Å². The van der Waals surface area contributed by atoms with Crippen LogP contribution >= 0.6 is 0 Å². The van der Waals surface area contributed by atoms with Crippen molar-refractivity contribution in [3.8, 4) is 6.07 Å². The van der Waals surface area contributed by atoms with Gasteiger partial charge in [-0.1, -0.05) is 0 Å². The van der Waals surface area contributed by atoms with E-state index >= 15 is 0 Å². The molecule has 0 aromatic heterocycles. The molecule has 1 heterocycles. The number of amides is 1. The smallest absolute Gasteiger partial charge is 0.257 e. The Kier molecular flexibility index (Phi) is 1.17. The molecule has 1 saturated carbocycles. The van der Waals surface area contributed by atoms with Crippen LogP contribution in [0.4, 0.5) is 0 Å². The molecule has 62 valence electrons. The van der Waals surface area contributed by atoms with Crippen LogP contribution in [0.3, 0.4) is 0 Å². The number of carbonyl (C=O) groups excluding carboxylic acids is 1. The Morgan fingerprint density at radius 3 is 2.83 bits per heavy atom. The van der Waals surface area contributed by atoms with Crippen molar-refractivity contribution in [2.45, 2.75) is 12.8 Å². The third kappa shape index (κ3) is 0.666.